The van der Waals surface area contributed by atoms with Gasteiger partial charge < -0.3 is 24.3 Å². The summed E-state index contributed by atoms with van der Waals surface area (Å²) in [6.45, 7) is 3.74. The number of halogens is 2. The van der Waals surface area contributed by atoms with Crippen LogP contribution in [0.5, 0.6) is 0 Å². The number of rotatable bonds is 9. The number of hydrogen-bond donors (Lipinski definition) is 1. The van der Waals surface area contributed by atoms with Gasteiger partial charge >= 0.3 is 5.97 Å². The van der Waals surface area contributed by atoms with Crippen molar-refractivity contribution in [3.05, 3.63) is 80.6 Å². The molecule has 2 aromatic heterocycles. The van der Waals surface area contributed by atoms with E-state index in [9.17, 15) is 19.5 Å². The fourth-order valence-corrected chi connectivity index (χ4v) is 6.37. The fraction of sp³-hybridized carbons (Fsp3) is 0.355. The van der Waals surface area contributed by atoms with Gasteiger partial charge in [-0.05, 0) is 43.2 Å². The molecule has 2 aromatic carbocycles. The quantitative estimate of drug-likeness (QED) is 0.271. The molecule has 0 spiro atoms. The van der Waals surface area contributed by atoms with E-state index in [1.807, 2.05) is 15.7 Å². The molecule has 0 radical (unpaired) electrons. The van der Waals surface area contributed by atoms with E-state index in [4.69, 9.17) is 16.4 Å². The van der Waals surface area contributed by atoms with Crippen molar-refractivity contribution in [1.82, 2.24) is 24.5 Å². The lowest BCUT2D eigenvalue weighted by atomic mass is 10.1. The van der Waals surface area contributed by atoms with E-state index in [0.29, 0.717) is 73.3 Å². The molecule has 0 bridgehead atoms. The summed E-state index contributed by atoms with van der Waals surface area (Å²) in [4.78, 5) is 48.1. The number of amides is 1. The first-order chi connectivity index (χ1) is 22.2. The largest absolute Gasteiger partial charge is 0.477 e. The van der Waals surface area contributed by atoms with Crippen molar-refractivity contribution in [2.75, 3.05) is 49.6 Å². The number of hydrogen-bond acceptors (Lipinski definition) is 9. The van der Waals surface area contributed by atoms with E-state index in [1.165, 1.54) is 19.4 Å². The average molecular weight is 649 g/mol. The van der Waals surface area contributed by atoms with E-state index in [1.54, 1.807) is 33.8 Å². The first-order valence-corrected chi connectivity index (χ1v) is 15.3. The van der Waals surface area contributed by atoms with Crippen LogP contribution in [0.4, 0.5) is 15.8 Å². The zero-order chi connectivity index (χ0) is 32.1. The van der Waals surface area contributed by atoms with Crippen LogP contribution in [0.2, 0.25) is 5.02 Å². The number of carbonyl (C=O) groups is 2. The van der Waals surface area contributed by atoms with Gasteiger partial charge in [0.25, 0.3) is 5.91 Å². The molecule has 4 aromatic rings. The van der Waals surface area contributed by atoms with Gasteiger partial charge in [0.2, 0.25) is 5.43 Å². The van der Waals surface area contributed by atoms with Gasteiger partial charge in [0.05, 0.1) is 29.1 Å². The molecule has 238 valence electrons. The van der Waals surface area contributed by atoms with Gasteiger partial charge in [0.15, 0.2) is 5.71 Å². The van der Waals surface area contributed by atoms with Crippen LogP contribution >= 0.6 is 11.6 Å². The minimum Gasteiger partial charge on any atom is -0.477 e. The van der Waals surface area contributed by atoms with E-state index in [0.717, 1.165) is 18.5 Å². The van der Waals surface area contributed by atoms with Gasteiger partial charge in [0, 0.05) is 73.7 Å². The van der Waals surface area contributed by atoms with Gasteiger partial charge in [0.1, 0.15) is 18.5 Å². The molecule has 13 nitrogen and oxygen atoms in total. The smallest absolute Gasteiger partial charge is 0.341 e. The van der Waals surface area contributed by atoms with E-state index in [2.05, 4.69) is 20.4 Å². The highest BCUT2D eigenvalue weighted by Gasteiger charge is 2.35. The molecule has 1 amide bonds. The van der Waals surface area contributed by atoms with Gasteiger partial charge in [-0.3, -0.25) is 19.2 Å². The molecule has 1 saturated carbocycles. The molecule has 0 unspecified atom stereocenters. The molecule has 15 heteroatoms. The van der Waals surface area contributed by atoms with E-state index in [-0.39, 0.29) is 28.6 Å². The van der Waals surface area contributed by atoms with E-state index < -0.39 is 17.2 Å². The summed E-state index contributed by atoms with van der Waals surface area (Å²) in [5.74, 6) is -2.14. The number of fused-ring (bicyclic) bond motifs is 2. The number of benzene rings is 2. The molecule has 3 aliphatic rings. The number of carboxylic acids is 1. The average Bonchev–Trinajstić information content (AvgIpc) is 3.73. The highest BCUT2D eigenvalue weighted by Crippen LogP contribution is 2.38. The number of pyridine rings is 1. The number of piperazine rings is 1. The number of carbonyl (C=O) groups excluding carboxylic acids is 1. The Bertz CT molecular complexity index is 1960. The summed E-state index contributed by atoms with van der Waals surface area (Å²) in [6.07, 6.45) is 5.02. The Balaban J connectivity index is 0.996. The third-order valence-corrected chi connectivity index (χ3v) is 8.88. The van der Waals surface area contributed by atoms with Crippen LogP contribution in [-0.2, 0) is 22.7 Å². The van der Waals surface area contributed by atoms with Gasteiger partial charge in [-0.25, -0.2) is 9.18 Å². The molecule has 2 fully saturated rings. The maximum absolute atomic E-state index is 15.4. The first-order valence-electron chi connectivity index (χ1n) is 14.9. The number of nitrogens with zero attached hydrogens (tertiary/aromatic N) is 8. The number of aromatic carboxylic acids is 1. The Labute approximate surface area is 267 Å². The molecular weight excluding hydrogens is 619 g/mol. The monoisotopic (exact) mass is 648 g/mol. The van der Waals surface area contributed by atoms with Crippen molar-refractivity contribution in [3.8, 4) is 0 Å². The molecule has 2 aliphatic heterocycles. The fourth-order valence-electron chi connectivity index (χ4n) is 6.19. The SMILES string of the molecule is CO/N=C1/C(=O)N(CCn2cc(CN3CCN(c4cc5c(cc4F)c(=O)c(C(=O)O)cn5C4CC4)CC3)nn2)c2ccc(Cl)cc21. The maximum atomic E-state index is 15.4. The topological polar surface area (TPSA) is 138 Å². The summed E-state index contributed by atoms with van der Waals surface area (Å²) >= 11 is 6.14. The zero-order valence-electron chi connectivity index (χ0n) is 24.9. The van der Waals surface area contributed by atoms with Crippen LogP contribution in [0.3, 0.4) is 0 Å². The van der Waals surface area contributed by atoms with Crippen LogP contribution in [0.25, 0.3) is 10.9 Å². The van der Waals surface area contributed by atoms with Gasteiger partial charge in [-0.15, -0.1) is 5.10 Å². The molecular formula is C31H30ClFN8O5. The predicted molar refractivity (Wildman–Crippen MR) is 168 cm³/mol. The summed E-state index contributed by atoms with van der Waals surface area (Å²) in [5, 5.41) is 22.6. The zero-order valence-corrected chi connectivity index (χ0v) is 25.7. The Kier molecular flexibility index (Phi) is 7.69. The van der Waals surface area contributed by atoms with Crippen molar-refractivity contribution in [3.63, 3.8) is 0 Å². The third kappa shape index (κ3) is 5.47. The van der Waals surface area contributed by atoms with Crippen LogP contribution in [0.15, 0.2) is 52.7 Å². The molecule has 1 saturated heterocycles. The van der Waals surface area contributed by atoms with Crippen molar-refractivity contribution in [1.29, 1.82) is 0 Å². The second kappa shape index (κ2) is 11.8. The molecule has 46 heavy (non-hydrogen) atoms. The van der Waals surface area contributed by atoms with Crippen molar-refractivity contribution in [2.45, 2.75) is 32.0 Å². The Morgan fingerprint density at radius 2 is 1.87 bits per heavy atom. The Hall–Kier alpha value is -4.82. The predicted octanol–water partition coefficient (Wildman–Crippen LogP) is 3.14. The van der Waals surface area contributed by atoms with Gasteiger partial charge in [-0.2, -0.15) is 0 Å². The number of carboxylic acid groups (broad SMARTS) is 1. The molecule has 1 N–H and O–H groups in total. The summed E-state index contributed by atoms with van der Waals surface area (Å²) < 4.78 is 18.9. The van der Waals surface area contributed by atoms with Crippen LogP contribution < -0.4 is 15.2 Å². The second-order valence-corrected chi connectivity index (χ2v) is 12.0. The lowest BCUT2D eigenvalue weighted by Crippen LogP contribution is -2.46. The summed E-state index contributed by atoms with van der Waals surface area (Å²) in [5.41, 5.74) is 2.23. The maximum Gasteiger partial charge on any atom is 0.341 e. The first kappa shape index (κ1) is 29.9. The molecule has 0 atom stereocenters. The highest BCUT2D eigenvalue weighted by atomic mass is 35.5. The third-order valence-electron chi connectivity index (χ3n) is 8.64. The number of oxime groups is 1. The number of aromatic nitrogens is 4. The number of anilines is 2. The lowest BCUT2D eigenvalue weighted by molar-refractivity contribution is -0.112. The van der Waals surface area contributed by atoms with Crippen molar-refractivity contribution in [2.24, 2.45) is 5.16 Å². The van der Waals surface area contributed by atoms with E-state index >= 15 is 4.39 Å². The van der Waals surface area contributed by atoms with Gasteiger partial charge in [-0.1, -0.05) is 22.0 Å². The summed E-state index contributed by atoms with van der Waals surface area (Å²) in [6, 6.07) is 8.17. The minimum absolute atomic E-state index is 0.0843. The molecule has 1 aliphatic carbocycles. The Morgan fingerprint density at radius 1 is 1.09 bits per heavy atom. The Morgan fingerprint density at radius 3 is 2.59 bits per heavy atom. The minimum atomic E-state index is -1.31. The van der Waals surface area contributed by atoms with Crippen LogP contribution in [0, 0.1) is 5.82 Å². The second-order valence-electron chi connectivity index (χ2n) is 11.6. The highest BCUT2D eigenvalue weighted by molar-refractivity contribution is 6.54. The van der Waals surface area contributed by atoms with Crippen LogP contribution in [0.1, 0.15) is 40.5 Å². The standard InChI is InChI=1S/C31H30ClFN8O5/c1-46-35-28-21-12-18(32)2-5-25(21)40(30(28)43)11-10-39-16-19(34-36-39)15-37-6-8-38(9-7-37)27-14-26-22(13-24(27)33)29(42)23(31(44)45)17-41(26)20-3-4-20/h2,5,12-14,16-17,20H,3-4,6-11,15H2,1H3,(H,44,45)/b35-28+. The molecule has 7 rings (SSSR count). The van der Waals surface area contributed by atoms with Crippen molar-refractivity contribution >= 4 is 51.5 Å². The normalized spacial score (nSPS) is 17.7. The lowest BCUT2D eigenvalue weighted by Gasteiger charge is -2.36. The molecule has 4 heterocycles. The summed E-state index contributed by atoms with van der Waals surface area (Å²) in [7, 11) is 1.39. The van der Waals surface area contributed by atoms with Crippen molar-refractivity contribution < 1.29 is 23.9 Å². The van der Waals surface area contributed by atoms with Crippen LogP contribution in [-0.4, -0.2) is 87.0 Å².